The number of hydrogen-bond donors (Lipinski definition) is 1. The third kappa shape index (κ3) is 4.95. The molecule has 0 aliphatic carbocycles. The Balaban J connectivity index is 1.62. The molecule has 0 aliphatic heterocycles. The van der Waals surface area contributed by atoms with E-state index in [9.17, 15) is 9.59 Å². The molecule has 0 saturated heterocycles. The van der Waals surface area contributed by atoms with Crippen LogP contribution in [0.15, 0.2) is 78.9 Å². The van der Waals surface area contributed by atoms with E-state index in [1.165, 1.54) is 7.11 Å². The zero-order valence-corrected chi connectivity index (χ0v) is 14.8. The summed E-state index contributed by atoms with van der Waals surface area (Å²) in [6.45, 7) is 0.310. The molecule has 1 amide bonds. The molecule has 136 valence electrons. The summed E-state index contributed by atoms with van der Waals surface area (Å²) in [6.07, 6.45) is 0. The number of carbonyl (C=O) groups excluding carboxylic acids is 2. The summed E-state index contributed by atoms with van der Waals surface area (Å²) in [4.78, 5) is 23.8. The van der Waals surface area contributed by atoms with E-state index in [0.717, 1.165) is 11.3 Å². The van der Waals surface area contributed by atoms with Crippen LogP contribution in [0.4, 0.5) is 5.69 Å². The van der Waals surface area contributed by atoms with Crippen LogP contribution < -0.4 is 10.1 Å². The van der Waals surface area contributed by atoms with Crippen LogP contribution in [-0.4, -0.2) is 19.0 Å². The summed E-state index contributed by atoms with van der Waals surface area (Å²) >= 11 is 0. The van der Waals surface area contributed by atoms with Crippen molar-refractivity contribution in [2.45, 2.75) is 6.61 Å². The van der Waals surface area contributed by atoms with Crippen molar-refractivity contribution >= 4 is 17.6 Å². The summed E-state index contributed by atoms with van der Waals surface area (Å²) in [5.74, 6) is 0.0611. The van der Waals surface area contributed by atoms with Crippen LogP contribution in [0.1, 0.15) is 26.3 Å². The minimum Gasteiger partial charge on any atom is -0.489 e. The van der Waals surface area contributed by atoms with Crippen LogP contribution in [-0.2, 0) is 11.3 Å². The lowest BCUT2D eigenvalue weighted by molar-refractivity contribution is 0.0600. The Bertz CT molecular complexity index is 921. The van der Waals surface area contributed by atoms with E-state index >= 15 is 0 Å². The van der Waals surface area contributed by atoms with Crippen molar-refractivity contribution in [2.24, 2.45) is 0 Å². The Morgan fingerprint density at radius 1 is 0.852 bits per heavy atom. The molecule has 0 atom stereocenters. The van der Waals surface area contributed by atoms with Crippen molar-refractivity contribution in [3.63, 3.8) is 0 Å². The lowest BCUT2D eigenvalue weighted by Gasteiger charge is -2.09. The van der Waals surface area contributed by atoms with E-state index in [1.807, 2.05) is 42.5 Å². The SMILES string of the molecule is COC(=O)c1ccc(OCc2cccc(C(=O)Nc3ccccc3)c2)cc1. The van der Waals surface area contributed by atoms with Gasteiger partial charge in [-0.2, -0.15) is 0 Å². The molecule has 3 aromatic rings. The standard InChI is InChI=1S/C22H19NO4/c1-26-22(25)17-10-12-20(13-11-17)27-15-16-6-5-7-18(14-16)21(24)23-19-8-3-2-4-9-19/h2-14H,15H2,1H3,(H,23,24). The van der Waals surface area contributed by atoms with Crippen LogP contribution in [0, 0.1) is 0 Å². The van der Waals surface area contributed by atoms with Crippen molar-refractivity contribution in [1.29, 1.82) is 0 Å². The van der Waals surface area contributed by atoms with E-state index in [2.05, 4.69) is 10.1 Å². The minimum atomic E-state index is -0.390. The highest BCUT2D eigenvalue weighted by molar-refractivity contribution is 6.04. The highest BCUT2D eigenvalue weighted by Crippen LogP contribution is 2.16. The van der Waals surface area contributed by atoms with Gasteiger partial charge < -0.3 is 14.8 Å². The first kappa shape index (κ1) is 18.2. The van der Waals surface area contributed by atoms with Crippen molar-refractivity contribution in [2.75, 3.05) is 12.4 Å². The van der Waals surface area contributed by atoms with Crippen LogP contribution in [0.25, 0.3) is 0 Å². The van der Waals surface area contributed by atoms with Gasteiger partial charge in [-0.05, 0) is 54.1 Å². The molecule has 0 bridgehead atoms. The number of methoxy groups -OCH3 is 1. The maximum Gasteiger partial charge on any atom is 0.337 e. The Morgan fingerprint density at radius 3 is 2.30 bits per heavy atom. The number of amides is 1. The molecule has 0 heterocycles. The molecule has 0 spiro atoms. The molecule has 0 aromatic heterocycles. The summed E-state index contributed by atoms with van der Waals surface area (Å²) in [6, 6.07) is 23.3. The normalized spacial score (nSPS) is 10.1. The second-order valence-electron chi connectivity index (χ2n) is 5.83. The molecular weight excluding hydrogens is 342 g/mol. The molecule has 5 heteroatoms. The first-order valence-electron chi connectivity index (χ1n) is 8.42. The van der Waals surface area contributed by atoms with Gasteiger partial charge in [-0.25, -0.2) is 4.79 Å². The lowest BCUT2D eigenvalue weighted by atomic mass is 10.1. The molecular formula is C22H19NO4. The average molecular weight is 361 g/mol. The van der Waals surface area contributed by atoms with Crippen molar-refractivity contribution in [3.05, 3.63) is 95.6 Å². The van der Waals surface area contributed by atoms with E-state index in [1.54, 1.807) is 36.4 Å². The molecule has 3 rings (SSSR count). The molecule has 5 nitrogen and oxygen atoms in total. The third-order valence-corrected chi connectivity index (χ3v) is 3.90. The van der Waals surface area contributed by atoms with Crippen LogP contribution in [0.3, 0.4) is 0 Å². The number of hydrogen-bond acceptors (Lipinski definition) is 4. The van der Waals surface area contributed by atoms with Gasteiger partial charge in [-0.3, -0.25) is 4.79 Å². The molecule has 0 radical (unpaired) electrons. The van der Waals surface area contributed by atoms with Crippen LogP contribution in [0.2, 0.25) is 0 Å². The van der Waals surface area contributed by atoms with Crippen molar-refractivity contribution in [1.82, 2.24) is 0 Å². The van der Waals surface area contributed by atoms with Crippen LogP contribution >= 0.6 is 0 Å². The fourth-order valence-electron chi connectivity index (χ4n) is 2.50. The largest absolute Gasteiger partial charge is 0.489 e. The average Bonchev–Trinajstić information content (AvgIpc) is 2.73. The fourth-order valence-corrected chi connectivity index (χ4v) is 2.50. The zero-order chi connectivity index (χ0) is 19.1. The quantitative estimate of drug-likeness (QED) is 0.665. The Labute approximate surface area is 157 Å². The van der Waals surface area contributed by atoms with Gasteiger partial charge in [-0.1, -0.05) is 30.3 Å². The first-order chi connectivity index (χ1) is 13.2. The number of esters is 1. The van der Waals surface area contributed by atoms with Gasteiger partial charge in [0.05, 0.1) is 12.7 Å². The lowest BCUT2D eigenvalue weighted by Crippen LogP contribution is -2.12. The van der Waals surface area contributed by atoms with E-state index in [4.69, 9.17) is 4.74 Å². The minimum absolute atomic E-state index is 0.175. The summed E-state index contributed by atoms with van der Waals surface area (Å²) in [5, 5.41) is 2.86. The van der Waals surface area contributed by atoms with Gasteiger partial charge in [0.2, 0.25) is 0 Å². The molecule has 0 unspecified atom stereocenters. The maximum atomic E-state index is 12.4. The number of ether oxygens (including phenoxy) is 2. The number of benzene rings is 3. The Hall–Kier alpha value is -3.60. The van der Waals surface area contributed by atoms with Crippen molar-refractivity contribution in [3.8, 4) is 5.75 Å². The van der Waals surface area contributed by atoms with Gasteiger partial charge in [0.25, 0.3) is 5.91 Å². The fraction of sp³-hybridized carbons (Fsp3) is 0.0909. The first-order valence-corrected chi connectivity index (χ1v) is 8.42. The van der Waals surface area contributed by atoms with E-state index in [-0.39, 0.29) is 5.91 Å². The predicted molar refractivity (Wildman–Crippen MR) is 103 cm³/mol. The smallest absolute Gasteiger partial charge is 0.337 e. The van der Waals surface area contributed by atoms with Gasteiger partial charge >= 0.3 is 5.97 Å². The van der Waals surface area contributed by atoms with Gasteiger partial charge in [0.15, 0.2) is 0 Å². The summed E-state index contributed by atoms with van der Waals surface area (Å²) in [7, 11) is 1.34. The third-order valence-electron chi connectivity index (χ3n) is 3.90. The molecule has 1 N–H and O–H groups in total. The zero-order valence-electron chi connectivity index (χ0n) is 14.8. The highest BCUT2D eigenvalue weighted by Gasteiger charge is 2.08. The molecule has 0 aliphatic rings. The van der Waals surface area contributed by atoms with Crippen molar-refractivity contribution < 1.29 is 19.1 Å². The summed E-state index contributed by atoms with van der Waals surface area (Å²) in [5.41, 5.74) is 2.63. The molecule has 0 saturated carbocycles. The summed E-state index contributed by atoms with van der Waals surface area (Å²) < 4.78 is 10.4. The second-order valence-corrected chi connectivity index (χ2v) is 5.83. The topological polar surface area (TPSA) is 64.6 Å². The second kappa shape index (κ2) is 8.67. The van der Waals surface area contributed by atoms with E-state index in [0.29, 0.717) is 23.5 Å². The molecule has 3 aromatic carbocycles. The number of para-hydroxylation sites is 1. The molecule has 0 fully saturated rings. The van der Waals surface area contributed by atoms with E-state index < -0.39 is 5.97 Å². The monoisotopic (exact) mass is 361 g/mol. The number of rotatable bonds is 6. The maximum absolute atomic E-state index is 12.4. The number of carbonyl (C=O) groups is 2. The molecule has 27 heavy (non-hydrogen) atoms. The van der Waals surface area contributed by atoms with Gasteiger partial charge in [0.1, 0.15) is 12.4 Å². The van der Waals surface area contributed by atoms with Crippen LogP contribution in [0.5, 0.6) is 5.75 Å². The number of anilines is 1. The van der Waals surface area contributed by atoms with Gasteiger partial charge in [-0.15, -0.1) is 0 Å². The predicted octanol–water partition coefficient (Wildman–Crippen LogP) is 4.30. The highest BCUT2D eigenvalue weighted by atomic mass is 16.5. The number of nitrogens with one attached hydrogen (secondary N) is 1. The van der Waals surface area contributed by atoms with Gasteiger partial charge in [0, 0.05) is 11.3 Å². The Morgan fingerprint density at radius 2 is 1.59 bits per heavy atom. The Kier molecular flexibility index (Phi) is 5.84.